The van der Waals surface area contributed by atoms with Crippen LogP contribution in [-0.2, 0) is 9.53 Å². The minimum absolute atomic E-state index is 0.162. The highest BCUT2D eigenvalue weighted by molar-refractivity contribution is 5.97. The van der Waals surface area contributed by atoms with Gasteiger partial charge >= 0.3 is 5.97 Å². The number of aromatic nitrogens is 4. The first-order chi connectivity index (χ1) is 14.9. The number of nitrogens with zero attached hydrogens (tertiary/aromatic N) is 4. The Morgan fingerprint density at radius 3 is 2.39 bits per heavy atom. The summed E-state index contributed by atoms with van der Waals surface area (Å²) in [5.74, 6) is -1.15. The van der Waals surface area contributed by atoms with Gasteiger partial charge in [-0.05, 0) is 39.0 Å². The molecule has 4 rings (SSSR count). The third kappa shape index (κ3) is 4.42. The number of aryl methyl sites for hydroxylation is 3. The first-order valence-corrected chi connectivity index (χ1v) is 9.75. The SMILES string of the molecule is Cc1ccc(NC(=O)[C@H](OC(=O)c2nc3nc(C)cc(C)n3n2)c2ccccc2)cc1. The second-order valence-corrected chi connectivity index (χ2v) is 7.24. The Morgan fingerprint density at radius 1 is 0.968 bits per heavy atom. The average molecular weight is 415 g/mol. The van der Waals surface area contributed by atoms with E-state index in [1.165, 1.54) is 4.52 Å². The van der Waals surface area contributed by atoms with Crippen LogP contribution < -0.4 is 5.32 Å². The molecule has 1 amide bonds. The van der Waals surface area contributed by atoms with Crippen molar-refractivity contribution in [2.75, 3.05) is 5.32 Å². The largest absolute Gasteiger partial charge is 0.441 e. The lowest BCUT2D eigenvalue weighted by Crippen LogP contribution is -2.26. The summed E-state index contributed by atoms with van der Waals surface area (Å²) < 4.78 is 7.03. The van der Waals surface area contributed by atoms with E-state index in [0.29, 0.717) is 17.0 Å². The van der Waals surface area contributed by atoms with Gasteiger partial charge in [0, 0.05) is 22.6 Å². The second kappa shape index (κ2) is 8.35. The first-order valence-electron chi connectivity index (χ1n) is 9.75. The van der Waals surface area contributed by atoms with Crippen LogP contribution in [0.2, 0.25) is 0 Å². The van der Waals surface area contributed by atoms with Crippen LogP contribution in [-0.4, -0.2) is 31.5 Å². The van der Waals surface area contributed by atoms with Gasteiger partial charge in [-0.3, -0.25) is 4.79 Å². The van der Waals surface area contributed by atoms with E-state index in [-0.39, 0.29) is 5.82 Å². The third-order valence-electron chi connectivity index (χ3n) is 4.69. The zero-order chi connectivity index (χ0) is 22.0. The molecule has 2 heterocycles. The smallest absolute Gasteiger partial charge is 0.379 e. The number of carbonyl (C=O) groups excluding carboxylic acids is 2. The highest BCUT2D eigenvalue weighted by atomic mass is 16.5. The fourth-order valence-corrected chi connectivity index (χ4v) is 3.16. The number of carbonyl (C=O) groups is 2. The van der Waals surface area contributed by atoms with Gasteiger partial charge in [-0.2, -0.15) is 4.98 Å². The zero-order valence-electron chi connectivity index (χ0n) is 17.4. The topological polar surface area (TPSA) is 98.5 Å². The number of nitrogens with one attached hydrogen (secondary N) is 1. The molecule has 1 N–H and O–H groups in total. The van der Waals surface area contributed by atoms with E-state index in [1.807, 2.05) is 45.0 Å². The summed E-state index contributed by atoms with van der Waals surface area (Å²) >= 11 is 0. The van der Waals surface area contributed by atoms with Crippen molar-refractivity contribution in [2.24, 2.45) is 0 Å². The Balaban J connectivity index is 1.61. The van der Waals surface area contributed by atoms with Crippen LogP contribution in [0.1, 0.15) is 39.2 Å². The number of ether oxygens (including phenoxy) is 1. The normalized spacial score (nSPS) is 11.8. The van der Waals surface area contributed by atoms with Crippen molar-refractivity contribution < 1.29 is 14.3 Å². The van der Waals surface area contributed by atoms with E-state index >= 15 is 0 Å². The molecular formula is C23H21N5O3. The fourth-order valence-electron chi connectivity index (χ4n) is 3.16. The molecule has 0 radical (unpaired) electrons. The second-order valence-electron chi connectivity index (χ2n) is 7.24. The molecule has 2 aromatic heterocycles. The van der Waals surface area contributed by atoms with Crippen molar-refractivity contribution in [2.45, 2.75) is 26.9 Å². The van der Waals surface area contributed by atoms with Crippen LogP contribution in [0.5, 0.6) is 0 Å². The Hall–Kier alpha value is -4.07. The number of benzene rings is 2. The lowest BCUT2D eigenvalue weighted by atomic mass is 10.1. The molecule has 0 saturated heterocycles. The third-order valence-corrected chi connectivity index (χ3v) is 4.69. The molecule has 8 heteroatoms. The number of hydrogen-bond donors (Lipinski definition) is 1. The molecule has 2 aromatic carbocycles. The van der Waals surface area contributed by atoms with Gasteiger partial charge in [-0.25, -0.2) is 14.3 Å². The molecule has 8 nitrogen and oxygen atoms in total. The minimum atomic E-state index is -1.17. The van der Waals surface area contributed by atoms with Crippen LogP contribution in [0.4, 0.5) is 5.69 Å². The van der Waals surface area contributed by atoms with E-state index in [2.05, 4.69) is 20.4 Å². The van der Waals surface area contributed by atoms with Crippen LogP contribution in [0.25, 0.3) is 5.78 Å². The van der Waals surface area contributed by atoms with Crippen LogP contribution in [0, 0.1) is 20.8 Å². The van der Waals surface area contributed by atoms with Gasteiger partial charge < -0.3 is 10.1 Å². The van der Waals surface area contributed by atoms with E-state index in [1.54, 1.807) is 36.4 Å². The molecule has 0 spiro atoms. The summed E-state index contributed by atoms with van der Waals surface area (Å²) in [5.41, 5.74) is 3.76. The van der Waals surface area contributed by atoms with Gasteiger partial charge in [0.15, 0.2) is 0 Å². The van der Waals surface area contributed by atoms with Gasteiger partial charge in [0.05, 0.1) is 0 Å². The molecule has 0 fully saturated rings. The number of fused-ring (bicyclic) bond motifs is 1. The van der Waals surface area contributed by atoms with Crippen molar-refractivity contribution in [1.82, 2.24) is 19.6 Å². The molecule has 156 valence electrons. The molecule has 0 aliphatic heterocycles. The number of esters is 1. The predicted molar refractivity (Wildman–Crippen MR) is 115 cm³/mol. The quantitative estimate of drug-likeness (QED) is 0.500. The van der Waals surface area contributed by atoms with E-state index in [4.69, 9.17) is 4.74 Å². The van der Waals surface area contributed by atoms with Crippen molar-refractivity contribution in [1.29, 1.82) is 0 Å². The summed E-state index contributed by atoms with van der Waals surface area (Å²) in [4.78, 5) is 34.3. The van der Waals surface area contributed by atoms with Crippen molar-refractivity contribution >= 4 is 23.3 Å². The van der Waals surface area contributed by atoms with Gasteiger partial charge in [0.25, 0.3) is 17.5 Å². The summed E-state index contributed by atoms with van der Waals surface area (Å²) in [6.45, 7) is 5.63. The maximum Gasteiger partial charge on any atom is 0.379 e. The molecule has 0 unspecified atom stereocenters. The highest BCUT2D eigenvalue weighted by Crippen LogP contribution is 2.22. The van der Waals surface area contributed by atoms with Crippen molar-refractivity contribution in [3.63, 3.8) is 0 Å². The lowest BCUT2D eigenvalue weighted by Gasteiger charge is -2.17. The molecule has 0 bridgehead atoms. The lowest BCUT2D eigenvalue weighted by molar-refractivity contribution is -0.125. The average Bonchev–Trinajstić information content (AvgIpc) is 3.18. The molecule has 1 atom stereocenters. The minimum Gasteiger partial charge on any atom is -0.441 e. The summed E-state index contributed by atoms with van der Waals surface area (Å²) in [5, 5.41) is 6.98. The number of anilines is 1. The predicted octanol–water partition coefficient (Wildman–Crippen LogP) is 3.59. The monoisotopic (exact) mass is 415 g/mol. The number of hydrogen-bond acceptors (Lipinski definition) is 6. The Morgan fingerprint density at radius 2 is 1.68 bits per heavy atom. The van der Waals surface area contributed by atoms with Crippen molar-refractivity contribution in [3.8, 4) is 0 Å². The molecule has 4 aromatic rings. The molecular weight excluding hydrogens is 394 g/mol. The highest BCUT2D eigenvalue weighted by Gasteiger charge is 2.28. The van der Waals surface area contributed by atoms with Gasteiger partial charge in [0.2, 0.25) is 6.10 Å². The Bertz CT molecular complexity index is 1250. The first kappa shape index (κ1) is 20.2. The molecule has 0 aliphatic carbocycles. The number of amides is 1. The summed E-state index contributed by atoms with van der Waals surface area (Å²) in [7, 11) is 0. The Labute approximate surface area is 178 Å². The van der Waals surface area contributed by atoms with Gasteiger partial charge in [-0.15, -0.1) is 5.10 Å². The van der Waals surface area contributed by atoms with Crippen molar-refractivity contribution in [3.05, 3.63) is 89.0 Å². The molecule has 31 heavy (non-hydrogen) atoms. The Kier molecular flexibility index (Phi) is 5.44. The van der Waals surface area contributed by atoms with Gasteiger partial charge in [0.1, 0.15) is 0 Å². The molecule has 0 saturated carbocycles. The fraction of sp³-hybridized carbons (Fsp3) is 0.174. The van der Waals surface area contributed by atoms with E-state index < -0.39 is 18.0 Å². The van der Waals surface area contributed by atoms with E-state index in [0.717, 1.165) is 17.0 Å². The van der Waals surface area contributed by atoms with Crippen LogP contribution in [0.15, 0.2) is 60.7 Å². The maximum absolute atomic E-state index is 13.0. The standard InChI is InChI=1S/C23H21N5O3/c1-14-9-11-18(12-10-14)25-21(29)19(17-7-5-4-6-8-17)31-22(30)20-26-23-24-15(2)13-16(3)28(23)27-20/h4-13,19H,1-3H3,(H,25,29)/t19-/m1/s1. The van der Waals surface area contributed by atoms with Crippen LogP contribution >= 0.6 is 0 Å². The summed E-state index contributed by atoms with van der Waals surface area (Å²) in [6.07, 6.45) is -1.17. The van der Waals surface area contributed by atoms with E-state index in [9.17, 15) is 9.59 Å². The van der Waals surface area contributed by atoms with Crippen LogP contribution in [0.3, 0.4) is 0 Å². The number of rotatable bonds is 5. The molecule has 0 aliphatic rings. The zero-order valence-corrected chi connectivity index (χ0v) is 17.4. The maximum atomic E-state index is 13.0. The van der Waals surface area contributed by atoms with Gasteiger partial charge in [-0.1, -0.05) is 48.0 Å². The summed E-state index contributed by atoms with van der Waals surface area (Å²) in [6, 6.07) is 18.0.